The fraction of sp³-hybridized carbons (Fsp3) is 0.105. The number of nitrogens with two attached hydrogens (primary N) is 1. The second-order valence-corrected chi connectivity index (χ2v) is 5.78. The molecular formula is C19H16N2O6. The van der Waals surface area contributed by atoms with Crippen LogP contribution in [-0.4, -0.2) is 28.6 Å². The second-order valence-electron chi connectivity index (χ2n) is 5.78. The molecule has 0 bridgehead atoms. The Balaban J connectivity index is 2.27. The lowest BCUT2D eigenvalue weighted by Crippen LogP contribution is -2.32. The van der Waals surface area contributed by atoms with Crippen molar-refractivity contribution in [3.05, 3.63) is 64.0 Å². The van der Waals surface area contributed by atoms with Gasteiger partial charge in [-0.25, -0.2) is 4.79 Å². The first-order valence-electron chi connectivity index (χ1n) is 8.00. The number of amides is 1. The largest absolute Gasteiger partial charge is 0.480 e. The van der Waals surface area contributed by atoms with E-state index in [2.05, 4.69) is 5.32 Å². The van der Waals surface area contributed by atoms with E-state index in [0.29, 0.717) is 17.7 Å². The number of rotatable bonds is 5. The maximum atomic E-state index is 12.4. The van der Waals surface area contributed by atoms with E-state index in [1.54, 1.807) is 24.3 Å². The molecule has 138 valence electrons. The molecule has 1 amide bonds. The molecule has 0 saturated carbocycles. The zero-order valence-electron chi connectivity index (χ0n) is 14.1. The van der Waals surface area contributed by atoms with Crippen molar-refractivity contribution in [3.8, 4) is 17.1 Å². The van der Waals surface area contributed by atoms with Crippen LogP contribution in [0, 0.1) is 0 Å². The summed E-state index contributed by atoms with van der Waals surface area (Å²) >= 11 is 0. The first-order chi connectivity index (χ1) is 12.9. The summed E-state index contributed by atoms with van der Waals surface area (Å²) in [5.74, 6) is -2.78. The molecular weight excluding hydrogens is 352 g/mol. The van der Waals surface area contributed by atoms with Gasteiger partial charge in [-0.1, -0.05) is 36.4 Å². The summed E-state index contributed by atoms with van der Waals surface area (Å²) < 4.78 is 4.75. The second kappa shape index (κ2) is 7.30. The van der Waals surface area contributed by atoms with Crippen LogP contribution in [0.15, 0.2) is 51.7 Å². The van der Waals surface area contributed by atoms with Crippen molar-refractivity contribution in [2.24, 2.45) is 5.73 Å². The van der Waals surface area contributed by atoms with Gasteiger partial charge in [0.1, 0.15) is 12.1 Å². The first kappa shape index (κ1) is 18.2. The molecule has 1 aromatic heterocycles. The van der Waals surface area contributed by atoms with Crippen LogP contribution in [0.1, 0.15) is 15.9 Å². The Morgan fingerprint density at radius 2 is 1.81 bits per heavy atom. The van der Waals surface area contributed by atoms with Gasteiger partial charge >= 0.3 is 11.6 Å². The van der Waals surface area contributed by atoms with E-state index in [9.17, 15) is 19.5 Å². The third-order valence-electron chi connectivity index (χ3n) is 4.07. The monoisotopic (exact) mass is 368 g/mol. The minimum atomic E-state index is -1.26. The molecule has 0 atom stereocenters. The molecule has 8 nitrogen and oxygen atoms in total. The number of aliphatic carboxylic acids is 1. The van der Waals surface area contributed by atoms with Crippen molar-refractivity contribution in [1.29, 1.82) is 0 Å². The third kappa shape index (κ3) is 3.51. The van der Waals surface area contributed by atoms with Crippen molar-refractivity contribution in [3.63, 3.8) is 0 Å². The van der Waals surface area contributed by atoms with Gasteiger partial charge < -0.3 is 25.7 Å². The van der Waals surface area contributed by atoms with E-state index in [4.69, 9.17) is 15.3 Å². The zero-order valence-corrected chi connectivity index (χ0v) is 14.1. The average Bonchev–Trinajstić information content (AvgIpc) is 2.66. The van der Waals surface area contributed by atoms with Gasteiger partial charge in [0.2, 0.25) is 0 Å². The normalized spacial score (nSPS) is 10.7. The smallest absolute Gasteiger partial charge is 0.352 e. The molecule has 27 heavy (non-hydrogen) atoms. The molecule has 2 aromatic carbocycles. The molecule has 0 aliphatic heterocycles. The Labute approximate surface area is 152 Å². The predicted molar refractivity (Wildman–Crippen MR) is 97.4 cm³/mol. The van der Waals surface area contributed by atoms with Gasteiger partial charge in [-0.15, -0.1) is 0 Å². The van der Waals surface area contributed by atoms with Crippen molar-refractivity contribution in [2.45, 2.75) is 6.54 Å². The van der Waals surface area contributed by atoms with Crippen molar-refractivity contribution in [1.82, 2.24) is 5.32 Å². The highest BCUT2D eigenvalue weighted by atomic mass is 16.5. The molecule has 0 unspecified atom stereocenters. The molecule has 5 N–H and O–H groups in total. The quantitative estimate of drug-likeness (QED) is 0.533. The van der Waals surface area contributed by atoms with Crippen LogP contribution in [0.2, 0.25) is 0 Å². The lowest BCUT2D eigenvalue weighted by atomic mass is 9.95. The van der Waals surface area contributed by atoms with Crippen LogP contribution in [0.3, 0.4) is 0 Å². The molecule has 0 aliphatic rings. The summed E-state index contributed by atoms with van der Waals surface area (Å²) in [7, 11) is 0. The van der Waals surface area contributed by atoms with E-state index < -0.39 is 30.0 Å². The van der Waals surface area contributed by atoms with Crippen molar-refractivity contribution in [2.75, 3.05) is 6.54 Å². The number of aromatic hydroxyl groups is 1. The van der Waals surface area contributed by atoms with Crippen LogP contribution in [-0.2, 0) is 11.3 Å². The summed E-state index contributed by atoms with van der Waals surface area (Å²) in [4.78, 5) is 35.4. The van der Waals surface area contributed by atoms with Crippen LogP contribution in [0.5, 0.6) is 5.95 Å². The molecule has 0 radical (unpaired) electrons. The SMILES string of the molecule is NCc1ccc(-c2cccc3c(O)oc(=O)c(C(=O)NCC(=O)O)c23)cc1. The number of nitrogens with one attached hydrogen (secondary N) is 1. The van der Waals surface area contributed by atoms with E-state index in [-0.39, 0.29) is 16.3 Å². The van der Waals surface area contributed by atoms with E-state index in [1.165, 1.54) is 6.07 Å². The number of carbonyl (C=O) groups is 2. The van der Waals surface area contributed by atoms with E-state index in [1.807, 2.05) is 12.1 Å². The lowest BCUT2D eigenvalue weighted by molar-refractivity contribution is -0.135. The average molecular weight is 368 g/mol. The van der Waals surface area contributed by atoms with E-state index >= 15 is 0 Å². The summed E-state index contributed by atoms with van der Waals surface area (Å²) in [6, 6.07) is 12.0. The Morgan fingerprint density at radius 3 is 2.44 bits per heavy atom. The fourth-order valence-corrected chi connectivity index (χ4v) is 2.81. The molecule has 0 spiro atoms. The number of carboxylic acids is 1. The van der Waals surface area contributed by atoms with Crippen LogP contribution >= 0.6 is 0 Å². The number of fused-ring (bicyclic) bond motifs is 1. The molecule has 0 fully saturated rings. The van der Waals surface area contributed by atoms with Gasteiger partial charge in [-0.2, -0.15) is 0 Å². The number of hydrogen-bond donors (Lipinski definition) is 4. The zero-order chi connectivity index (χ0) is 19.6. The van der Waals surface area contributed by atoms with Crippen LogP contribution < -0.4 is 16.7 Å². The molecule has 0 saturated heterocycles. The van der Waals surface area contributed by atoms with E-state index in [0.717, 1.165) is 5.56 Å². The topological polar surface area (TPSA) is 143 Å². The van der Waals surface area contributed by atoms with Gasteiger partial charge in [-0.05, 0) is 22.8 Å². The molecule has 8 heteroatoms. The Hall–Kier alpha value is -3.65. The summed E-state index contributed by atoms with van der Waals surface area (Å²) in [6.07, 6.45) is 0. The summed E-state index contributed by atoms with van der Waals surface area (Å²) in [5.41, 5.74) is 6.28. The highest BCUT2D eigenvalue weighted by molar-refractivity contribution is 6.13. The first-order valence-corrected chi connectivity index (χ1v) is 8.00. The number of carboxylic acid groups (broad SMARTS) is 1. The number of benzene rings is 2. The Morgan fingerprint density at radius 1 is 1.11 bits per heavy atom. The van der Waals surface area contributed by atoms with Crippen molar-refractivity contribution >= 4 is 22.6 Å². The Bertz CT molecular complexity index is 1090. The summed E-state index contributed by atoms with van der Waals surface area (Å²) in [6.45, 7) is -0.295. The standard InChI is InChI=1S/C19H16N2O6/c20-8-10-4-6-11(7-5-10)12-2-1-3-13-15(12)16(19(26)27-18(13)25)17(24)21-9-14(22)23/h1-7,25H,8-9,20H2,(H,21,24)(H,22,23). The number of hydrogen-bond acceptors (Lipinski definition) is 6. The molecule has 3 rings (SSSR count). The highest BCUT2D eigenvalue weighted by Crippen LogP contribution is 2.34. The maximum Gasteiger partial charge on any atom is 0.352 e. The van der Waals surface area contributed by atoms with Gasteiger partial charge in [0.15, 0.2) is 0 Å². The summed E-state index contributed by atoms with van der Waals surface area (Å²) in [5, 5.41) is 21.3. The van der Waals surface area contributed by atoms with Crippen LogP contribution in [0.4, 0.5) is 0 Å². The molecule has 3 aromatic rings. The van der Waals surface area contributed by atoms with Gasteiger partial charge in [-0.3, -0.25) is 9.59 Å². The van der Waals surface area contributed by atoms with Crippen molar-refractivity contribution < 1.29 is 24.2 Å². The fourth-order valence-electron chi connectivity index (χ4n) is 2.81. The molecule has 1 heterocycles. The minimum absolute atomic E-state index is 0.162. The molecule has 0 aliphatic carbocycles. The van der Waals surface area contributed by atoms with Gasteiger partial charge in [0, 0.05) is 11.9 Å². The minimum Gasteiger partial charge on any atom is -0.480 e. The Kier molecular flexibility index (Phi) is 4.91. The third-order valence-corrected chi connectivity index (χ3v) is 4.07. The van der Waals surface area contributed by atoms with Crippen LogP contribution in [0.25, 0.3) is 21.9 Å². The maximum absolute atomic E-state index is 12.4. The van der Waals surface area contributed by atoms with Gasteiger partial charge in [0.05, 0.1) is 5.39 Å². The predicted octanol–water partition coefficient (Wildman–Crippen LogP) is 1.44. The lowest BCUT2D eigenvalue weighted by Gasteiger charge is -2.12. The highest BCUT2D eigenvalue weighted by Gasteiger charge is 2.22. The number of carbonyl (C=O) groups excluding carboxylic acids is 1. The van der Waals surface area contributed by atoms with Gasteiger partial charge in [0.25, 0.3) is 11.9 Å².